The van der Waals surface area contributed by atoms with Crippen molar-refractivity contribution in [1.82, 2.24) is 24.4 Å². The standard InChI is InChI=1S/C24H22FN7O/c1-27-13-21-28-7-8-31(21)17-5-6-18(19(25)10-17)22-24(33)23-20(12-29-22)30-14-32(23)16-4-2-3-15(9-16)11-26/h2-10,12,14,22,27H,11,13,26H2,1H3. The van der Waals surface area contributed by atoms with Crippen molar-refractivity contribution in [2.45, 2.75) is 19.1 Å². The average molecular weight is 443 g/mol. The highest BCUT2D eigenvalue weighted by Gasteiger charge is 2.32. The molecule has 2 aromatic carbocycles. The Labute approximate surface area is 189 Å². The molecule has 8 nitrogen and oxygen atoms in total. The Morgan fingerprint density at radius 1 is 1.12 bits per heavy atom. The molecule has 33 heavy (non-hydrogen) atoms. The molecular formula is C24H22FN7O. The largest absolute Gasteiger partial charge is 0.326 e. The van der Waals surface area contributed by atoms with Gasteiger partial charge in [-0.1, -0.05) is 18.2 Å². The second kappa shape index (κ2) is 8.53. The lowest BCUT2D eigenvalue weighted by atomic mass is 9.97. The molecule has 3 N–H and O–H groups in total. The van der Waals surface area contributed by atoms with E-state index in [9.17, 15) is 4.79 Å². The van der Waals surface area contributed by atoms with E-state index < -0.39 is 11.9 Å². The van der Waals surface area contributed by atoms with Crippen molar-refractivity contribution in [3.63, 3.8) is 0 Å². The Morgan fingerprint density at radius 3 is 2.76 bits per heavy atom. The SMILES string of the molecule is CNCc1nccn1-c1ccc(C2N=Cc3ncn(-c4cccc(CN)c4)c3C2=O)c(F)c1. The van der Waals surface area contributed by atoms with Gasteiger partial charge in [0.05, 0.1) is 12.8 Å². The maximum atomic E-state index is 15.2. The van der Waals surface area contributed by atoms with Crippen molar-refractivity contribution in [2.24, 2.45) is 10.7 Å². The van der Waals surface area contributed by atoms with Gasteiger partial charge in [0, 0.05) is 35.9 Å². The van der Waals surface area contributed by atoms with Crippen molar-refractivity contribution in [1.29, 1.82) is 0 Å². The van der Waals surface area contributed by atoms with E-state index in [0.29, 0.717) is 30.2 Å². The van der Waals surface area contributed by atoms with Gasteiger partial charge in [0.1, 0.15) is 35.4 Å². The number of ketones is 1. The average Bonchev–Trinajstić information content (AvgIpc) is 3.48. The molecule has 1 aliphatic rings. The second-order valence-corrected chi connectivity index (χ2v) is 7.72. The van der Waals surface area contributed by atoms with Gasteiger partial charge in [-0.05, 0) is 36.9 Å². The summed E-state index contributed by atoms with van der Waals surface area (Å²) >= 11 is 0. The molecule has 1 unspecified atom stereocenters. The molecule has 0 saturated heterocycles. The number of aromatic nitrogens is 4. The zero-order chi connectivity index (χ0) is 22.9. The van der Waals surface area contributed by atoms with Gasteiger partial charge in [0.15, 0.2) is 0 Å². The minimum Gasteiger partial charge on any atom is -0.326 e. The molecular weight excluding hydrogens is 421 g/mol. The monoisotopic (exact) mass is 443 g/mol. The van der Waals surface area contributed by atoms with Crippen LogP contribution in [0.2, 0.25) is 0 Å². The van der Waals surface area contributed by atoms with Gasteiger partial charge in [0.2, 0.25) is 5.78 Å². The minimum absolute atomic E-state index is 0.212. The van der Waals surface area contributed by atoms with E-state index in [1.54, 1.807) is 40.0 Å². The Balaban J connectivity index is 1.50. The van der Waals surface area contributed by atoms with Gasteiger partial charge in [-0.3, -0.25) is 14.4 Å². The zero-order valence-electron chi connectivity index (χ0n) is 17.9. The highest BCUT2D eigenvalue weighted by atomic mass is 19.1. The van der Waals surface area contributed by atoms with Crippen LogP contribution in [-0.4, -0.2) is 38.1 Å². The summed E-state index contributed by atoms with van der Waals surface area (Å²) in [5.41, 5.74) is 9.13. The summed E-state index contributed by atoms with van der Waals surface area (Å²) in [6, 6.07) is 11.3. The van der Waals surface area contributed by atoms with Gasteiger partial charge in [-0.2, -0.15) is 0 Å². The third kappa shape index (κ3) is 3.67. The first kappa shape index (κ1) is 20.9. The van der Waals surface area contributed by atoms with Crippen molar-refractivity contribution in [3.8, 4) is 11.4 Å². The number of fused-ring (bicyclic) bond motifs is 1. The Morgan fingerprint density at radius 2 is 1.97 bits per heavy atom. The minimum atomic E-state index is -0.987. The molecule has 0 fully saturated rings. The summed E-state index contributed by atoms with van der Waals surface area (Å²) in [7, 11) is 1.82. The van der Waals surface area contributed by atoms with Crippen LogP contribution in [0.3, 0.4) is 0 Å². The highest BCUT2D eigenvalue weighted by Crippen LogP contribution is 2.31. The molecule has 1 aliphatic heterocycles. The predicted octanol–water partition coefficient (Wildman–Crippen LogP) is 2.73. The molecule has 3 heterocycles. The van der Waals surface area contributed by atoms with Crippen LogP contribution in [0.15, 0.2) is 66.2 Å². The number of hydrogen-bond acceptors (Lipinski definition) is 6. The molecule has 0 radical (unpaired) electrons. The van der Waals surface area contributed by atoms with E-state index in [-0.39, 0.29) is 11.3 Å². The van der Waals surface area contributed by atoms with Crippen LogP contribution in [-0.2, 0) is 13.1 Å². The summed E-state index contributed by atoms with van der Waals surface area (Å²) in [6.07, 6.45) is 6.54. The van der Waals surface area contributed by atoms with E-state index in [4.69, 9.17) is 5.73 Å². The smallest absolute Gasteiger partial charge is 0.210 e. The van der Waals surface area contributed by atoms with Crippen molar-refractivity contribution < 1.29 is 9.18 Å². The number of carbonyl (C=O) groups is 1. The fraction of sp³-hybridized carbons (Fsp3) is 0.167. The van der Waals surface area contributed by atoms with Crippen molar-refractivity contribution in [3.05, 3.63) is 95.3 Å². The number of nitrogens with one attached hydrogen (secondary N) is 1. The first-order chi connectivity index (χ1) is 16.1. The molecule has 5 rings (SSSR count). The van der Waals surface area contributed by atoms with Crippen LogP contribution in [0.4, 0.5) is 4.39 Å². The van der Waals surface area contributed by atoms with Gasteiger partial charge in [-0.15, -0.1) is 0 Å². The molecule has 0 aliphatic carbocycles. The lowest BCUT2D eigenvalue weighted by molar-refractivity contribution is 0.0952. The molecule has 2 aromatic heterocycles. The number of carbonyl (C=O) groups excluding carboxylic acids is 1. The summed E-state index contributed by atoms with van der Waals surface area (Å²) in [6.45, 7) is 0.924. The topological polar surface area (TPSA) is 103 Å². The van der Waals surface area contributed by atoms with E-state index in [1.807, 2.05) is 31.3 Å². The predicted molar refractivity (Wildman–Crippen MR) is 122 cm³/mol. The van der Waals surface area contributed by atoms with Gasteiger partial charge in [-0.25, -0.2) is 14.4 Å². The number of aliphatic imine (C=N–C) groups is 1. The van der Waals surface area contributed by atoms with Crippen molar-refractivity contribution >= 4 is 12.0 Å². The maximum absolute atomic E-state index is 15.2. The molecule has 1 atom stereocenters. The van der Waals surface area contributed by atoms with Crippen LogP contribution in [0, 0.1) is 5.82 Å². The molecule has 0 saturated carbocycles. The molecule has 0 spiro atoms. The number of nitrogens with two attached hydrogens (primary N) is 1. The zero-order valence-corrected chi connectivity index (χ0v) is 17.9. The van der Waals surface area contributed by atoms with Crippen molar-refractivity contribution in [2.75, 3.05) is 7.05 Å². The first-order valence-corrected chi connectivity index (χ1v) is 10.5. The fourth-order valence-electron chi connectivity index (χ4n) is 4.04. The lowest BCUT2D eigenvalue weighted by Gasteiger charge is -2.19. The summed E-state index contributed by atoms with van der Waals surface area (Å²) < 4.78 is 18.7. The lowest BCUT2D eigenvalue weighted by Crippen LogP contribution is -2.21. The van der Waals surface area contributed by atoms with Crippen LogP contribution >= 0.6 is 0 Å². The number of hydrogen-bond donors (Lipinski definition) is 2. The molecule has 0 bridgehead atoms. The van der Waals surface area contributed by atoms with E-state index in [1.165, 1.54) is 12.3 Å². The molecule has 9 heteroatoms. The van der Waals surface area contributed by atoms with Crippen LogP contribution < -0.4 is 11.1 Å². The van der Waals surface area contributed by atoms with Gasteiger partial charge < -0.3 is 15.6 Å². The number of imidazole rings is 2. The molecule has 4 aromatic rings. The third-order valence-corrected chi connectivity index (χ3v) is 5.66. The quantitative estimate of drug-likeness (QED) is 0.477. The highest BCUT2D eigenvalue weighted by molar-refractivity contribution is 6.08. The summed E-state index contributed by atoms with van der Waals surface area (Å²) in [4.78, 5) is 26.4. The Bertz CT molecular complexity index is 1370. The van der Waals surface area contributed by atoms with Crippen LogP contribution in [0.1, 0.15) is 39.2 Å². The summed E-state index contributed by atoms with van der Waals surface area (Å²) in [5, 5.41) is 3.04. The van der Waals surface area contributed by atoms with Crippen LogP contribution in [0.5, 0.6) is 0 Å². The molecule has 0 amide bonds. The number of Topliss-reactive ketones (excluding diaryl/α,β-unsaturated/α-hetero) is 1. The summed E-state index contributed by atoms with van der Waals surface area (Å²) in [5.74, 6) is -0.0651. The number of halogens is 1. The Hall–Kier alpha value is -3.95. The normalized spacial score (nSPS) is 15.1. The van der Waals surface area contributed by atoms with Gasteiger partial charge in [0.25, 0.3) is 0 Å². The van der Waals surface area contributed by atoms with E-state index >= 15 is 4.39 Å². The number of rotatable bonds is 6. The van der Waals surface area contributed by atoms with E-state index in [2.05, 4.69) is 20.3 Å². The molecule has 166 valence electrons. The number of nitrogens with zero attached hydrogens (tertiary/aromatic N) is 5. The second-order valence-electron chi connectivity index (χ2n) is 7.72. The fourth-order valence-corrected chi connectivity index (χ4v) is 4.04. The van der Waals surface area contributed by atoms with E-state index in [0.717, 1.165) is 17.1 Å². The first-order valence-electron chi connectivity index (χ1n) is 10.5. The number of benzene rings is 2. The Kier molecular flexibility index (Phi) is 5.41. The van der Waals surface area contributed by atoms with Crippen LogP contribution in [0.25, 0.3) is 11.4 Å². The van der Waals surface area contributed by atoms with Gasteiger partial charge >= 0.3 is 0 Å². The third-order valence-electron chi connectivity index (χ3n) is 5.66. The maximum Gasteiger partial charge on any atom is 0.210 e.